The molecular weight excluding hydrogens is 841 g/mol. The fraction of sp³-hybridized carbons (Fsp3) is 0.429. The van der Waals surface area contributed by atoms with Crippen LogP contribution >= 0.6 is 11.3 Å². The van der Waals surface area contributed by atoms with Gasteiger partial charge in [0, 0.05) is 59.6 Å². The van der Waals surface area contributed by atoms with Crippen molar-refractivity contribution in [1.29, 1.82) is 0 Å². The number of aromatic amines is 1. The lowest BCUT2D eigenvalue weighted by Crippen LogP contribution is -2.61. The number of para-hydroxylation sites is 1. The number of benzene rings is 3. The topological polar surface area (TPSA) is 266 Å². The maximum Gasteiger partial charge on any atom is 0.243 e. The van der Waals surface area contributed by atoms with Gasteiger partial charge in [0.05, 0.1) is 0 Å². The van der Waals surface area contributed by atoms with E-state index >= 15 is 0 Å². The lowest BCUT2D eigenvalue weighted by molar-refractivity contribution is -0.136. The maximum absolute atomic E-state index is 14.9. The number of thiophene rings is 1. The molecule has 0 spiro atoms. The van der Waals surface area contributed by atoms with E-state index in [1.165, 1.54) is 6.42 Å². The zero-order valence-electron chi connectivity index (χ0n) is 36.5. The summed E-state index contributed by atoms with van der Waals surface area (Å²) in [4.78, 5) is 77.8. The second-order valence-electron chi connectivity index (χ2n) is 18.9. The Morgan fingerprint density at radius 2 is 1.31 bits per heavy atom. The third kappa shape index (κ3) is 11.0. The number of nitrogens with two attached hydrogens (primary N) is 4. The number of hydrogen-bond acceptors (Lipinski definition) is 8. The van der Waals surface area contributed by atoms with Gasteiger partial charge in [-0.1, -0.05) is 66.7 Å². The Balaban J connectivity index is 1.07. The zero-order chi connectivity index (χ0) is 45.7. The average molecular weight is 901 g/mol. The largest absolute Gasteiger partial charge is 0.370 e. The summed E-state index contributed by atoms with van der Waals surface area (Å²) in [6.07, 6.45) is 8.82. The number of guanidine groups is 1. The van der Waals surface area contributed by atoms with Gasteiger partial charge < -0.3 is 49.2 Å². The molecule has 6 atom stereocenters. The van der Waals surface area contributed by atoms with Gasteiger partial charge in [-0.05, 0) is 108 Å². The number of H-pyrrole nitrogens is 1. The van der Waals surface area contributed by atoms with E-state index in [1.54, 1.807) is 17.5 Å². The minimum atomic E-state index is -1.20. The van der Waals surface area contributed by atoms with Crippen LogP contribution in [0.25, 0.3) is 21.0 Å². The van der Waals surface area contributed by atoms with E-state index in [2.05, 4.69) is 31.2 Å². The molecule has 4 aliphatic carbocycles. The molecule has 5 aromatic rings. The predicted octanol–water partition coefficient (Wildman–Crippen LogP) is 3.58. The van der Waals surface area contributed by atoms with Gasteiger partial charge >= 0.3 is 0 Å². The molecule has 16 heteroatoms. The van der Waals surface area contributed by atoms with Crippen LogP contribution in [0.4, 0.5) is 0 Å². The van der Waals surface area contributed by atoms with Crippen molar-refractivity contribution in [3.8, 4) is 0 Å². The molecule has 65 heavy (non-hydrogen) atoms. The number of aliphatic imine (C=N–C) groups is 1. The lowest BCUT2D eigenvalue weighted by Gasteiger charge is -2.61. The highest BCUT2D eigenvalue weighted by atomic mass is 32.1. The summed E-state index contributed by atoms with van der Waals surface area (Å²) in [5.41, 5.74) is 26.4. The van der Waals surface area contributed by atoms with Gasteiger partial charge in [0.2, 0.25) is 29.5 Å². The van der Waals surface area contributed by atoms with Crippen LogP contribution in [0, 0.1) is 17.3 Å². The van der Waals surface area contributed by atoms with Crippen LogP contribution in [-0.4, -0.2) is 76.7 Å². The number of fused-ring (bicyclic) bond motifs is 2. The van der Waals surface area contributed by atoms with E-state index in [9.17, 15) is 24.0 Å². The molecule has 0 aliphatic heterocycles. The summed E-state index contributed by atoms with van der Waals surface area (Å²) in [5, 5.41) is 15.7. The molecule has 2 unspecified atom stereocenters. The highest BCUT2D eigenvalue weighted by molar-refractivity contribution is 7.17. The zero-order valence-corrected chi connectivity index (χ0v) is 37.3. The van der Waals surface area contributed by atoms with Crippen LogP contribution in [0.3, 0.4) is 0 Å². The third-order valence-corrected chi connectivity index (χ3v) is 14.7. The van der Waals surface area contributed by atoms with Gasteiger partial charge in [-0.3, -0.25) is 29.0 Å². The van der Waals surface area contributed by atoms with Crippen LogP contribution < -0.4 is 44.2 Å². The first-order valence-electron chi connectivity index (χ1n) is 22.6. The number of nitrogens with one attached hydrogen (secondary N) is 5. The molecule has 3 aromatic carbocycles. The summed E-state index contributed by atoms with van der Waals surface area (Å²) in [5.74, 6) is -1.84. The number of primary amides is 1. The number of hydrogen-bond donors (Lipinski definition) is 9. The van der Waals surface area contributed by atoms with Crippen molar-refractivity contribution in [3.05, 3.63) is 107 Å². The van der Waals surface area contributed by atoms with E-state index in [-0.39, 0.29) is 61.5 Å². The molecule has 2 heterocycles. The first-order valence-corrected chi connectivity index (χ1v) is 23.5. The fourth-order valence-electron chi connectivity index (χ4n) is 11.3. The van der Waals surface area contributed by atoms with E-state index in [0.717, 1.165) is 69.8 Å². The van der Waals surface area contributed by atoms with Crippen LogP contribution in [-0.2, 0) is 43.2 Å². The van der Waals surface area contributed by atoms with Gasteiger partial charge in [0.15, 0.2) is 5.96 Å². The van der Waals surface area contributed by atoms with E-state index in [4.69, 9.17) is 22.9 Å². The van der Waals surface area contributed by atoms with E-state index < -0.39 is 47.8 Å². The van der Waals surface area contributed by atoms with Gasteiger partial charge in [0.1, 0.15) is 24.2 Å². The number of carbonyl (C=O) groups is 5. The molecule has 4 aliphatic rings. The average Bonchev–Trinajstić information content (AvgIpc) is 3.86. The Hall–Kier alpha value is -6.26. The van der Waals surface area contributed by atoms with Gasteiger partial charge in [0.25, 0.3) is 0 Å². The van der Waals surface area contributed by atoms with Crippen molar-refractivity contribution in [2.45, 2.75) is 107 Å². The Labute approximate surface area is 382 Å². The SMILES string of the molecule is NC(=O)[C@@H](CCCN=C(N)N)NC(=O)[C@H](Cc1ccccc1)NC(=O)[C@@H](Cc1c[nH]c2ccccc12)NC(=O)[C@@H](Cc1csc2ccccc12)NC(=O)CC12CC3CC(CC(N)(C3)C1)C2. The lowest BCUT2D eigenvalue weighted by atomic mass is 9.46. The van der Waals surface area contributed by atoms with Crippen molar-refractivity contribution < 1.29 is 24.0 Å². The van der Waals surface area contributed by atoms with Crippen molar-refractivity contribution in [3.63, 3.8) is 0 Å². The van der Waals surface area contributed by atoms with E-state index in [1.807, 2.05) is 84.2 Å². The van der Waals surface area contributed by atoms with Crippen molar-refractivity contribution >= 4 is 67.8 Å². The minimum absolute atomic E-state index is 0.0580. The maximum atomic E-state index is 14.9. The second-order valence-corrected chi connectivity index (χ2v) is 19.8. The molecule has 4 fully saturated rings. The van der Waals surface area contributed by atoms with Crippen LogP contribution in [0.5, 0.6) is 0 Å². The first-order chi connectivity index (χ1) is 31.2. The molecule has 2 aromatic heterocycles. The second kappa shape index (κ2) is 19.5. The standard InChI is InChI=1S/C49H60N10O5S/c50-43(61)37(14-8-16-54-47(51)52)57-44(62)38(18-29-9-2-1-3-10-29)58-46(64)40(19-32-26-55-36-13-6-4-11-34(32)36)59-45(63)39(20-33-27-65-41-15-7-5-12-35(33)41)56-42(60)25-48-21-30-17-31(22-48)24-49(53,23-30)28-48/h1-7,9-13,15,26-27,30-31,37-40,55H,8,14,16-25,28,53H2,(H2,50,61)(H,56,60)(H,57,62)(H,58,64)(H,59,63)(H4,51,52,54)/t30?,31?,37-,38+,39-,40-,48?,49?/m1/s1. The molecule has 0 radical (unpaired) electrons. The van der Waals surface area contributed by atoms with Gasteiger partial charge in [-0.15, -0.1) is 11.3 Å². The minimum Gasteiger partial charge on any atom is -0.370 e. The van der Waals surface area contributed by atoms with Crippen LogP contribution in [0.2, 0.25) is 0 Å². The fourth-order valence-corrected chi connectivity index (χ4v) is 12.3. The Morgan fingerprint density at radius 1 is 0.708 bits per heavy atom. The number of nitrogens with zero attached hydrogens (tertiary/aromatic N) is 1. The summed E-state index contributed by atoms with van der Waals surface area (Å²) in [6, 6.07) is 20.3. The Morgan fingerprint density at radius 3 is 1.98 bits per heavy atom. The Kier molecular flexibility index (Phi) is 13.6. The van der Waals surface area contributed by atoms with Gasteiger partial charge in [-0.25, -0.2) is 0 Å². The first kappa shape index (κ1) is 45.3. The van der Waals surface area contributed by atoms with Crippen LogP contribution in [0.1, 0.15) is 74.5 Å². The summed E-state index contributed by atoms with van der Waals surface area (Å²) in [7, 11) is 0. The number of aromatic nitrogens is 1. The highest BCUT2D eigenvalue weighted by Crippen LogP contribution is 2.62. The van der Waals surface area contributed by atoms with Crippen molar-refractivity contribution in [1.82, 2.24) is 26.3 Å². The smallest absolute Gasteiger partial charge is 0.243 e. The van der Waals surface area contributed by atoms with E-state index in [0.29, 0.717) is 18.3 Å². The normalized spacial score (nSPS) is 22.7. The van der Waals surface area contributed by atoms with Crippen LogP contribution in [0.15, 0.2) is 95.4 Å². The summed E-state index contributed by atoms with van der Waals surface area (Å²) >= 11 is 1.57. The van der Waals surface area contributed by atoms with Crippen molar-refractivity contribution in [2.24, 2.45) is 45.2 Å². The van der Waals surface area contributed by atoms with Crippen molar-refractivity contribution in [2.75, 3.05) is 6.54 Å². The number of carbonyl (C=O) groups excluding carboxylic acids is 5. The molecule has 4 bridgehead atoms. The Bertz CT molecular complexity index is 2550. The summed E-state index contributed by atoms with van der Waals surface area (Å²) < 4.78 is 1.06. The molecule has 0 saturated heterocycles. The monoisotopic (exact) mass is 900 g/mol. The number of rotatable bonds is 20. The molecule has 9 rings (SSSR count). The molecular formula is C49H60N10O5S. The third-order valence-electron chi connectivity index (χ3n) is 13.7. The summed E-state index contributed by atoms with van der Waals surface area (Å²) in [6.45, 7) is 0.224. The molecule has 15 nitrogen and oxygen atoms in total. The molecule has 342 valence electrons. The predicted molar refractivity (Wildman–Crippen MR) is 253 cm³/mol. The molecule has 5 amide bonds. The molecule has 13 N–H and O–H groups in total. The highest BCUT2D eigenvalue weighted by Gasteiger charge is 2.56. The number of amides is 5. The molecule has 4 saturated carbocycles. The quantitative estimate of drug-likeness (QED) is 0.0316. The van der Waals surface area contributed by atoms with Gasteiger partial charge in [-0.2, -0.15) is 0 Å².